The Morgan fingerprint density at radius 1 is 1.67 bits per heavy atom. The molecule has 1 rings (SSSR count). The SMILES string of the molecule is CCC(CC1CC1)N=O. The van der Waals surface area contributed by atoms with Crippen LogP contribution < -0.4 is 0 Å². The number of nitroso groups, excluding NO2 is 1. The normalized spacial score (nSPS) is 21.4. The molecule has 0 amide bonds. The Labute approximate surface area is 55.6 Å². The van der Waals surface area contributed by atoms with E-state index in [1.54, 1.807) is 0 Å². The van der Waals surface area contributed by atoms with E-state index in [2.05, 4.69) is 5.18 Å². The van der Waals surface area contributed by atoms with Crippen LogP contribution in [0.5, 0.6) is 0 Å². The van der Waals surface area contributed by atoms with Crippen molar-refractivity contribution in [2.45, 2.75) is 38.6 Å². The highest BCUT2D eigenvalue weighted by Gasteiger charge is 2.24. The molecular weight excluding hydrogens is 114 g/mol. The van der Waals surface area contributed by atoms with Crippen molar-refractivity contribution in [2.75, 3.05) is 0 Å². The van der Waals surface area contributed by atoms with Crippen LogP contribution >= 0.6 is 0 Å². The summed E-state index contributed by atoms with van der Waals surface area (Å²) in [4.78, 5) is 10.0. The van der Waals surface area contributed by atoms with Crippen molar-refractivity contribution in [3.63, 3.8) is 0 Å². The highest BCUT2D eigenvalue weighted by molar-refractivity contribution is 4.78. The zero-order chi connectivity index (χ0) is 6.69. The van der Waals surface area contributed by atoms with Crippen LogP contribution in [0, 0.1) is 10.8 Å². The molecular formula is C7H13NO. The van der Waals surface area contributed by atoms with E-state index in [4.69, 9.17) is 0 Å². The molecule has 0 aromatic carbocycles. The lowest BCUT2D eigenvalue weighted by Crippen LogP contribution is -2.01. The van der Waals surface area contributed by atoms with Crippen molar-refractivity contribution in [2.24, 2.45) is 11.1 Å². The molecule has 0 spiro atoms. The van der Waals surface area contributed by atoms with Gasteiger partial charge < -0.3 is 0 Å². The van der Waals surface area contributed by atoms with E-state index in [0.29, 0.717) is 0 Å². The zero-order valence-electron chi connectivity index (χ0n) is 5.84. The second-order valence-electron chi connectivity index (χ2n) is 2.85. The van der Waals surface area contributed by atoms with Crippen LogP contribution in [-0.2, 0) is 0 Å². The molecule has 0 aliphatic heterocycles. The van der Waals surface area contributed by atoms with Gasteiger partial charge in [-0.15, -0.1) is 0 Å². The highest BCUT2D eigenvalue weighted by Crippen LogP contribution is 2.34. The van der Waals surface area contributed by atoms with E-state index in [0.717, 1.165) is 18.8 Å². The van der Waals surface area contributed by atoms with E-state index in [9.17, 15) is 4.91 Å². The molecule has 0 aromatic rings. The van der Waals surface area contributed by atoms with Crippen molar-refractivity contribution in [3.8, 4) is 0 Å². The molecule has 0 radical (unpaired) electrons. The molecule has 0 N–H and O–H groups in total. The van der Waals surface area contributed by atoms with Crippen LogP contribution in [0.25, 0.3) is 0 Å². The summed E-state index contributed by atoms with van der Waals surface area (Å²) in [5.41, 5.74) is 0. The van der Waals surface area contributed by atoms with Crippen molar-refractivity contribution in [3.05, 3.63) is 4.91 Å². The van der Waals surface area contributed by atoms with Gasteiger partial charge >= 0.3 is 0 Å². The van der Waals surface area contributed by atoms with Gasteiger partial charge in [0, 0.05) is 0 Å². The molecule has 9 heavy (non-hydrogen) atoms. The Balaban J connectivity index is 2.12. The molecule has 1 unspecified atom stereocenters. The summed E-state index contributed by atoms with van der Waals surface area (Å²) >= 11 is 0. The summed E-state index contributed by atoms with van der Waals surface area (Å²) in [5, 5.41) is 3.04. The maximum absolute atomic E-state index is 10.0. The molecule has 1 aliphatic rings. The van der Waals surface area contributed by atoms with Crippen molar-refractivity contribution < 1.29 is 0 Å². The average Bonchev–Trinajstić information content (AvgIpc) is 2.66. The fourth-order valence-corrected chi connectivity index (χ4v) is 1.02. The predicted molar refractivity (Wildman–Crippen MR) is 37.2 cm³/mol. The van der Waals surface area contributed by atoms with Gasteiger partial charge in [0.2, 0.25) is 0 Å². The fourth-order valence-electron chi connectivity index (χ4n) is 1.02. The molecule has 1 saturated carbocycles. The van der Waals surface area contributed by atoms with Crippen LogP contribution in [-0.4, -0.2) is 6.04 Å². The van der Waals surface area contributed by atoms with E-state index < -0.39 is 0 Å². The summed E-state index contributed by atoms with van der Waals surface area (Å²) in [6.07, 6.45) is 4.61. The van der Waals surface area contributed by atoms with E-state index in [-0.39, 0.29) is 6.04 Å². The molecule has 0 aromatic heterocycles. The minimum absolute atomic E-state index is 0.109. The molecule has 2 nitrogen and oxygen atoms in total. The van der Waals surface area contributed by atoms with Gasteiger partial charge in [-0.05, 0) is 18.8 Å². The Hall–Kier alpha value is -0.400. The van der Waals surface area contributed by atoms with Gasteiger partial charge in [-0.3, -0.25) is 0 Å². The summed E-state index contributed by atoms with van der Waals surface area (Å²) < 4.78 is 0. The summed E-state index contributed by atoms with van der Waals surface area (Å²) in [5.74, 6) is 0.840. The van der Waals surface area contributed by atoms with Crippen LogP contribution in [0.4, 0.5) is 0 Å². The summed E-state index contributed by atoms with van der Waals surface area (Å²) in [7, 11) is 0. The fraction of sp³-hybridized carbons (Fsp3) is 1.00. The van der Waals surface area contributed by atoms with Gasteiger partial charge in [-0.25, -0.2) is 0 Å². The van der Waals surface area contributed by atoms with Crippen LogP contribution in [0.2, 0.25) is 0 Å². The van der Waals surface area contributed by atoms with Gasteiger partial charge in [0.25, 0.3) is 0 Å². The maximum atomic E-state index is 10.0. The lowest BCUT2D eigenvalue weighted by molar-refractivity contribution is 0.554. The van der Waals surface area contributed by atoms with Crippen molar-refractivity contribution in [1.29, 1.82) is 0 Å². The Bertz CT molecular complexity index is 99.1. The molecule has 0 saturated heterocycles. The van der Waals surface area contributed by atoms with Gasteiger partial charge in [-0.2, -0.15) is 4.91 Å². The number of nitrogens with zero attached hydrogens (tertiary/aromatic N) is 1. The lowest BCUT2D eigenvalue weighted by atomic mass is 10.1. The second kappa shape index (κ2) is 2.95. The van der Waals surface area contributed by atoms with Crippen LogP contribution in [0.1, 0.15) is 32.6 Å². The van der Waals surface area contributed by atoms with Gasteiger partial charge in [-0.1, -0.05) is 24.9 Å². The first-order valence-corrected chi connectivity index (χ1v) is 3.69. The van der Waals surface area contributed by atoms with Crippen LogP contribution in [0.3, 0.4) is 0 Å². The summed E-state index contributed by atoms with van der Waals surface area (Å²) in [6.45, 7) is 2.02. The van der Waals surface area contributed by atoms with Crippen molar-refractivity contribution in [1.82, 2.24) is 0 Å². The van der Waals surface area contributed by atoms with Gasteiger partial charge in [0.05, 0.1) is 6.04 Å². The first-order chi connectivity index (χ1) is 4.36. The molecule has 0 bridgehead atoms. The highest BCUT2D eigenvalue weighted by atomic mass is 16.3. The van der Waals surface area contributed by atoms with E-state index in [1.165, 1.54) is 12.8 Å². The quantitative estimate of drug-likeness (QED) is 0.533. The molecule has 0 heterocycles. The number of hydrogen-bond donors (Lipinski definition) is 0. The molecule has 1 fully saturated rings. The third-order valence-corrected chi connectivity index (χ3v) is 1.92. The maximum Gasteiger partial charge on any atom is 0.0919 e. The molecule has 1 atom stereocenters. The first kappa shape index (κ1) is 6.72. The monoisotopic (exact) mass is 127 g/mol. The topological polar surface area (TPSA) is 29.4 Å². The smallest absolute Gasteiger partial charge is 0.0919 e. The summed E-state index contributed by atoms with van der Waals surface area (Å²) in [6, 6.07) is 0.109. The minimum atomic E-state index is 0.109. The van der Waals surface area contributed by atoms with Gasteiger partial charge in [0.1, 0.15) is 0 Å². The minimum Gasteiger partial charge on any atom is -0.151 e. The number of hydrogen-bond acceptors (Lipinski definition) is 2. The third kappa shape index (κ3) is 2.12. The second-order valence-corrected chi connectivity index (χ2v) is 2.85. The van der Waals surface area contributed by atoms with Gasteiger partial charge in [0.15, 0.2) is 0 Å². The molecule has 2 heteroatoms. The average molecular weight is 127 g/mol. The first-order valence-electron chi connectivity index (χ1n) is 3.69. The third-order valence-electron chi connectivity index (χ3n) is 1.92. The van der Waals surface area contributed by atoms with Crippen molar-refractivity contribution >= 4 is 0 Å². The van der Waals surface area contributed by atoms with Crippen LogP contribution in [0.15, 0.2) is 5.18 Å². The Kier molecular flexibility index (Phi) is 2.20. The zero-order valence-corrected chi connectivity index (χ0v) is 5.84. The van der Waals surface area contributed by atoms with E-state index >= 15 is 0 Å². The standard InChI is InChI=1S/C7H13NO/c1-2-7(8-9)5-6-3-4-6/h6-7H,2-5H2,1H3. The predicted octanol–water partition coefficient (Wildman–Crippen LogP) is 2.33. The molecule has 1 aliphatic carbocycles. The van der Waals surface area contributed by atoms with E-state index in [1.807, 2.05) is 6.92 Å². The lowest BCUT2D eigenvalue weighted by Gasteiger charge is -2.01. The number of rotatable bonds is 4. The largest absolute Gasteiger partial charge is 0.151 e. The molecule has 52 valence electrons. The Morgan fingerprint density at radius 2 is 2.33 bits per heavy atom. The Morgan fingerprint density at radius 3 is 2.67 bits per heavy atom.